The second-order valence-electron chi connectivity index (χ2n) is 12.1. The van der Waals surface area contributed by atoms with E-state index in [4.69, 9.17) is 9.25 Å². The van der Waals surface area contributed by atoms with E-state index in [-0.39, 0.29) is 0 Å². The van der Waals surface area contributed by atoms with Gasteiger partial charge in [0.05, 0.1) is 18.5 Å². The third kappa shape index (κ3) is 4.19. The smallest absolute Gasteiger partial charge is 0.208 e. The third-order valence-corrected chi connectivity index (χ3v) is 10.1. The Morgan fingerprint density at radius 1 is 1.12 bits per heavy atom. The maximum atomic E-state index is 5.77. The van der Waals surface area contributed by atoms with Crippen LogP contribution < -0.4 is 0 Å². The van der Waals surface area contributed by atoms with Crippen molar-refractivity contribution in [2.45, 2.75) is 85.1 Å². The molecule has 0 saturated heterocycles. The van der Waals surface area contributed by atoms with E-state index < -0.39 is 0 Å². The summed E-state index contributed by atoms with van der Waals surface area (Å²) in [6, 6.07) is 0. The van der Waals surface area contributed by atoms with Gasteiger partial charge in [-0.05, 0) is 106 Å². The molecule has 1 aromatic rings. The fourth-order valence-corrected chi connectivity index (χ4v) is 7.99. The van der Waals surface area contributed by atoms with Gasteiger partial charge in [-0.25, -0.2) is 4.98 Å². The van der Waals surface area contributed by atoms with Gasteiger partial charge in [-0.2, -0.15) is 0 Å². The Bertz CT molecular complexity index is 918. The number of oxazole rings is 1. The van der Waals surface area contributed by atoms with Gasteiger partial charge < -0.3 is 14.2 Å². The van der Waals surface area contributed by atoms with E-state index in [1.54, 1.807) is 5.57 Å². The Kier molecular flexibility index (Phi) is 6.22. The summed E-state index contributed by atoms with van der Waals surface area (Å²) in [4.78, 5) is 12.1. The number of hydrogen-bond donors (Lipinski definition) is 0. The molecule has 182 valence electrons. The van der Waals surface area contributed by atoms with Crippen molar-refractivity contribution in [1.29, 1.82) is 0 Å². The first kappa shape index (κ1) is 23.1. The predicted molar refractivity (Wildman–Crippen MR) is 132 cm³/mol. The normalized spacial score (nSPS) is 39.2. The number of nitrogens with zero attached hydrogens (tertiary/aromatic N) is 3. The number of fused-ring (bicyclic) bond motifs is 5. The maximum Gasteiger partial charge on any atom is 0.208 e. The van der Waals surface area contributed by atoms with Gasteiger partial charge in [0.25, 0.3) is 0 Å². The first-order valence-electron chi connectivity index (χ1n) is 13.3. The van der Waals surface area contributed by atoms with Crippen LogP contribution in [0.5, 0.6) is 0 Å². The van der Waals surface area contributed by atoms with Crippen molar-refractivity contribution in [3.63, 3.8) is 0 Å². The second kappa shape index (κ2) is 8.87. The van der Waals surface area contributed by atoms with E-state index in [0.29, 0.717) is 23.9 Å². The molecule has 6 atom stereocenters. The Labute approximate surface area is 200 Å². The van der Waals surface area contributed by atoms with Crippen LogP contribution in [0.15, 0.2) is 27.4 Å². The summed E-state index contributed by atoms with van der Waals surface area (Å²) in [6.45, 7) is 8.96. The maximum absolute atomic E-state index is 5.77. The van der Waals surface area contributed by atoms with Crippen LogP contribution in [-0.2, 0) is 17.8 Å². The molecule has 33 heavy (non-hydrogen) atoms. The molecule has 1 aromatic heterocycles. The Balaban J connectivity index is 1.20. The zero-order valence-corrected chi connectivity index (χ0v) is 21.4. The summed E-state index contributed by atoms with van der Waals surface area (Å²) in [5.41, 5.74) is 3.75. The highest BCUT2D eigenvalue weighted by molar-refractivity contribution is 5.96. The van der Waals surface area contributed by atoms with Gasteiger partial charge in [-0.15, -0.1) is 0 Å². The summed E-state index contributed by atoms with van der Waals surface area (Å²) < 4.78 is 5.77. The molecule has 0 N–H and O–H groups in total. The fraction of sp³-hybridized carbons (Fsp3) is 0.786. The van der Waals surface area contributed by atoms with E-state index in [0.717, 1.165) is 54.0 Å². The summed E-state index contributed by atoms with van der Waals surface area (Å²) in [7, 11) is 4.03. The first-order chi connectivity index (χ1) is 15.8. The third-order valence-electron chi connectivity index (χ3n) is 10.1. The van der Waals surface area contributed by atoms with Gasteiger partial charge in [0, 0.05) is 6.42 Å². The molecule has 3 fully saturated rings. The lowest BCUT2D eigenvalue weighted by atomic mass is 9.47. The number of rotatable bonds is 6. The molecule has 1 heterocycles. The molecule has 0 aliphatic heterocycles. The Hall–Kier alpha value is -1.62. The molecule has 0 aromatic carbocycles. The number of hydrogen-bond acceptors (Lipinski definition) is 5. The predicted octanol–water partition coefficient (Wildman–Crippen LogP) is 6.25. The molecule has 5 rings (SSSR count). The van der Waals surface area contributed by atoms with E-state index in [2.05, 4.69) is 41.9 Å². The van der Waals surface area contributed by atoms with Crippen LogP contribution in [0.2, 0.25) is 0 Å². The van der Waals surface area contributed by atoms with Gasteiger partial charge in [0.15, 0.2) is 0 Å². The minimum absolute atomic E-state index is 0.373. The Morgan fingerprint density at radius 2 is 1.97 bits per heavy atom. The van der Waals surface area contributed by atoms with E-state index in [1.165, 1.54) is 44.9 Å². The number of allylic oxidation sites excluding steroid dienone is 2. The minimum Gasteiger partial charge on any atom is -0.444 e. The van der Waals surface area contributed by atoms with Gasteiger partial charge >= 0.3 is 0 Å². The molecule has 5 nitrogen and oxygen atoms in total. The first-order valence-corrected chi connectivity index (χ1v) is 13.3. The molecule has 4 aliphatic rings. The van der Waals surface area contributed by atoms with Crippen LogP contribution in [0.25, 0.3) is 0 Å². The van der Waals surface area contributed by atoms with Crippen LogP contribution in [0, 0.1) is 34.5 Å². The quantitative estimate of drug-likeness (QED) is 0.377. The van der Waals surface area contributed by atoms with Crippen molar-refractivity contribution in [2.24, 2.45) is 39.7 Å². The van der Waals surface area contributed by atoms with Crippen molar-refractivity contribution in [2.75, 3.05) is 20.7 Å². The van der Waals surface area contributed by atoms with E-state index >= 15 is 0 Å². The number of oxime groups is 1. The molecular weight excluding hydrogens is 410 g/mol. The minimum atomic E-state index is 0.373. The average Bonchev–Trinajstić information content (AvgIpc) is 3.34. The summed E-state index contributed by atoms with van der Waals surface area (Å²) >= 11 is 0. The van der Waals surface area contributed by atoms with Gasteiger partial charge in [-0.1, -0.05) is 31.5 Å². The van der Waals surface area contributed by atoms with Gasteiger partial charge in [-0.3, -0.25) is 0 Å². The summed E-state index contributed by atoms with van der Waals surface area (Å²) in [5, 5.41) is 4.52. The monoisotopic (exact) mass is 453 g/mol. The van der Waals surface area contributed by atoms with Crippen LogP contribution in [-0.4, -0.2) is 36.3 Å². The lowest BCUT2D eigenvalue weighted by Crippen LogP contribution is -2.50. The molecule has 3 unspecified atom stereocenters. The van der Waals surface area contributed by atoms with Crippen LogP contribution in [0.1, 0.15) is 83.8 Å². The van der Waals surface area contributed by atoms with Crippen molar-refractivity contribution < 1.29 is 9.25 Å². The molecule has 3 saturated carbocycles. The second-order valence-corrected chi connectivity index (χ2v) is 12.1. The molecule has 0 spiro atoms. The van der Waals surface area contributed by atoms with Gasteiger partial charge in [0.1, 0.15) is 12.4 Å². The highest BCUT2D eigenvalue weighted by Crippen LogP contribution is 2.66. The molecule has 0 amide bonds. The molecule has 0 bridgehead atoms. The largest absolute Gasteiger partial charge is 0.444 e. The molecule has 4 aliphatic carbocycles. The lowest BCUT2D eigenvalue weighted by Gasteiger charge is -2.58. The lowest BCUT2D eigenvalue weighted by molar-refractivity contribution is -0.0465. The van der Waals surface area contributed by atoms with Gasteiger partial charge in [0.2, 0.25) is 5.89 Å². The van der Waals surface area contributed by atoms with E-state index in [9.17, 15) is 0 Å². The molecular formula is C28H43N3O2. The average molecular weight is 454 g/mol. The summed E-state index contributed by atoms with van der Waals surface area (Å²) in [6.07, 6.45) is 15.6. The standard InChI is InChI=1S/C28H43N3O2/c1-19-6-9-24-23-8-7-20-16-21(10-13-28(20,3)25(23)11-14-27(19,24)2)30-32-15-12-22-17-29-26(33-22)18-31(4)5/h16-17,19,23-25H,6-15,18H2,1-5H3/t19-,23?,24?,25?,27+,28-/m0/s1. The van der Waals surface area contributed by atoms with Crippen molar-refractivity contribution in [3.05, 3.63) is 29.5 Å². The zero-order valence-electron chi connectivity index (χ0n) is 21.4. The van der Waals surface area contributed by atoms with Crippen molar-refractivity contribution in [1.82, 2.24) is 9.88 Å². The Morgan fingerprint density at radius 3 is 2.79 bits per heavy atom. The highest BCUT2D eigenvalue weighted by Gasteiger charge is 2.57. The highest BCUT2D eigenvalue weighted by atomic mass is 16.6. The van der Waals surface area contributed by atoms with Crippen LogP contribution >= 0.6 is 0 Å². The fourth-order valence-electron chi connectivity index (χ4n) is 7.99. The van der Waals surface area contributed by atoms with Crippen molar-refractivity contribution in [3.8, 4) is 0 Å². The SMILES string of the molecule is C[C@H]1CCC2C3CCC4=CC(=NOCCc5cnc(CN(C)C)o5)CC[C@]4(C)C3CC[C@@]21C. The topological polar surface area (TPSA) is 50.9 Å². The number of aromatic nitrogens is 1. The summed E-state index contributed by atoms with van der Waals surface area (Å²) in [5.74, 6) is 5.29. The molecule has 5 heteroatoms. The van der Waals surface area contributed by atoms with Crippen LogP contribution in [0.4, 0.5) is 0 Å². The zero-order chi connectivity index (χ0) is 23.2. The van der Waals surface area contributed by atoms with E-state index in [1.807, 2.05) is 20.3 Å². The van der Waals surface area contributed by atoms with Crippen molar-refractivity contribution >= 4 is 5.71 Å². The van der Waals surface area contributed by atoms with Crippen LogP contribution in [0.3, 0.4) is 0 Å². The molecule has 0 radical (unpaired) electrons.